The number of hydrogen-bond acceptors (Lipinski definition) is 3. The van der Waals surface area contributed by atoms with Crippen molar-refractivity contribution in [3.63, 3.8) is 0 Å². The zero-order valence-corrected chi connectivity index (χ0v) is 13.2. The van der Waals surface area contributed by atoms with Gasteiger partial charge in [-0.05, 0) is 30.5 Å². The molecule has 1 atom stereocenters. The first-order valence-corrected chi connectivity index (χ1v) is 7.65. The minimum Gasteiger partial charge on any atom is -0.497 e. The number of rotatable bonds is 8. The Morgan fingerprint density at radius 2 is 2.00 bits per heavy atom. The molecule has 0 aliphatic rings. The van der Waals surface area contributed by atoms with Crippen LogP contribution in [0.5, 0.6) is 5.75 Å². The molecule has 0 saturated carbocycles. The standard InChI is InChI=1S/C17H25N3O/c1-4-11-20-12-10-18-17(20)13-19-16(5-2)14-6-8-15(21-3)9-7-14/h6-10,12,16,19H,4-5,11,13H2,1-3H3. The lowest BCUT2D eigenvalue weighted by molar-refractivity contribution is 0.414. The SMILES string of the molecule is CCCn1ccnc1CNC(CC)c1ccc(OC)cc1. The van der Waals surface area contributed by atoms with Gasteiger partial charge in [-0.3, -0.25) is 0 Å². The highest BCUT2D eigenvalue weighted by Gasteiger charge is 2.10. The molecule has 1 aromatic carbocycles. The number of methoxy groups -OCH3 is 1. The van der Waals surface area contributed by atoms with E-state index in [9.17, 15) is 0 Å². The third-order valence-electron chi connectivity index (χ3n) is 3.70. The van der Waals surface area contributed by atoms with Gasteiger partial charge in [-0.2, -0.15) is 0 Å². The quantitative estimate of drug-likeness (QED) is 0.807. The molecule has 0 aliphatic heterocycles. The summed E-state index contributed by atoms with van der Waals surface area (Å²) in [7, 11) is 1.69. The first-order valence-electron chi connectivity index (χ1n) is 7.65. The number of aromatic nitrogens is 2. The van der Waals surface area contributed by atoms with Crippen LogP contribution in [0.2, 0.25) is 0 Å². The van der Waals surface area contributed by atoms with E-state index in [4.69, 9.17) is 4.74 Å². The van der Waals surface area contributed by atoms with E-state index in [1.54, 1.807) is 7.11 Å². The van der Waals surface area contributed by atoms with E-state index in [1.165, 1.54) is 5.56 Å². The Balaban J connectivity index is 1.99. The summed E-state index contributed by atoms with van der Waals surface area (Å²) in [5.41, 5.74) is 1.28. The van der Waals surface area contributed by atoms with Gasteiger partial charge in [-0.1, -0.05) is 26.0 Å². The average Bonchev–Trinajstić information content (AvgIpc) is 2.96. The van der Waals surface area contributed by atoms with Crippen LogP contribution < -0.4 is 10.1 Å². The van der Waals surface area contributed by atoms with Crippen LogP contribution in [-0.4, -0.2) is 16.7 Å². The Morgan fingerprint density at radius 1 is 1.24 bits per heavy atom. The molecule has 1 N–H and O–H groups in total. The van der Waals surface area contributed by atoms with Gasteiger partial charge in [-0.25, -0.2) is 4.98 Å². The molecular formula is C17H25N3O. The van der Waals surface area contributed by atoms with Crippen LogP contribution >= 0.6 is 0 Å². The Kier molecular flexibility index (Phi) is 5.81. The van der Waals surface area contributed by atoms with Crippen molar-refractivity contribution >= 4 is 0 Å². The fourth-order valence-electron chi connectivity index (χ4n) is 2.50. The second kappa shape index (κ2) is 7.84. The minimum absolute atomic E-state index is 0.336. The van der Waals surface area contributed by atoms with Crippen LogP contribution in [-0.2, 0) is 13.1 Å². The van der Waals surface area contributed by atoms with E-state index in [2.05, 4.69) is 47.0 Å². The molecule has 0 spiro atoms. The van der Waals surface area contributed by atoms with Crippen molar-refractivity contribution in [1.29, 1.82) is 0 Å². The Hall–Kier alpha value is -1.81. The molecule has 0 amide bonds. The molecule has 0 fully saturated rings. The van der Waals surface area contributed by atoms with Crippen molar-refractivity contribution in [1.82, 2.24) is 14.9 Å². The smallest absolute Gasteiger partial charge is 0.122 e. The fraction of sp³-hybridized carbons (Fsp3) is 0.471. The highest BCUT2D eigenvalue weighted by atomic mass is 16.5. The molecular weight excluding hydrogens is 262 g/mol. The van der Waals surface area contributed by atoms with Crippen molar-refractivity contribution in [3.8, 4) is 5.75 Å². The molecule has 4 nitrogen and oxygen atoms in total. The number of nitrogens with zero attached hydrogens (tertiary/aromatic N) is 2. The summed E-state index contributed by atoms with van der Waals surface area (Å²) in [5.74, 6) is 2.00. The van der Waals surface area contributed by atoms with Gasteiger partial charge in [0.25, 0.3) is 0 Å². The van der Waals surface area contributed by atoms with E-state index in [-0.39, 0.29) is 0 Å². The third-order valence-corrected chi connectivity index (χ3v) is 3.70. The van der Waals surface area contributed by atoms with Crippen LogP contribution in [0, 0.1) is 0 Å². The van der Waals surface area contributed by atoms with E-state index >= 15 is 0 Å². The number of ether oxygens (including phenoxy) is 1. The van der Waals surface area contributed by atoms with E-state index in [1.807, 2.05) is 18.3 Å². The molecule has 0 radical (unpaired) electrons. The predicted octanol–water partition coefficient (Wildman–Crippen LogP) is 3.54. The maximum atomic E-state index is 5.21. The average molecular weight is 287 g/mol. The molecule has 2 rings (SSSR count). The van der Waals surface area contributed by atoms with Gasteiger partial charge in [0.05, 0.1) is 13.7 Å². The highest BCUT2D eigenvalue weighted by molar-refractivity contribution is 5.29. The molecule has 0 bridgehead atoms. The van der Waals surface area contributed by atoms with Gasteiger partial charge >= 0.3 is 0 Å². The minimum atomic E-state index is 0.336. The molecule has 1 heterocycles. The van der Waals surface area contributed by atoms with Gasteiger partial charge in [0.15, 0.2) is 0 Å². The predicted molar refractivity (Wildman–Crippen MR) is 85.4 cm³/mol. The maximum Gasteiger partial charge on any atom is 0.122 e. The summed E-state index contributed by atoms with van der Waals surface area (Å²) in [6.07, 6.45) is 6.09. The van der Waals surface area contributed by atoms with Crippen LogP contribution in [0.3, 0.4) is 0 Å². The Morgan fingerprint density at radius 3 is 2.62 bits per heavy atom. The molecule has 2 aromatic rings. The number of imidazole rings is 1. The van der Waals surface area contributed by atoms with E-state index in [0.717, 1.165) is 37.5 Å². The number of nitrogens with one attached hydrogen (secondary N) is 1. The monoisotopic (exact) mass is 287 g/mol. The van der Waals surface area contributed by atoms with Gasteiger partial charge in [0.1, 0.15) is 11.6 Å². The normalized spacial score (nSPS) is 12.3. The summed E-state index contributed by atoms with van der Waals surface area (Å²) in [4.78, 5) is 4.44. The second-order valence-corrected chi connectivity index (χ2v) is 5.15. The highest BCUT2D eigenvalue weighted by Crippen LogP contribution is 2.20. The number of benzene rings is 1. The molecule has 21 heavy (non-hydrogen) atoms. The summed E-state index contributed by atoms with van der Waals surface area (Å²) >= 11 is 0. The van der Waals surface area contributed by atoms with Crippen LogP contribution in [0.25, 0.3) is 0 Å². The lowest BCUT2D eigenvalue weighted by Crippen LogP contribution is -2.22. The van der Waals surface area contributed by atoms with Gasteiger partial charge in [0, 0.05) is 25.0 Å². The first-order chi connectivity index (χ1) is 10.3. The molecule has 4 heteroatoms. The van der Waals surface area contributed by atoms with E-state index in [0.29, 0.717) is 6.04 Å². The second-order valence-electron chi connectivity index (χ2n) is 5.15. The van der Waals surface area contributed by atoms with Crippen molar-refractivity contribution in [2.45, 2.75) is 45.8 Å². The first kappa shape index (κ1) is 15.6. The summed E-state index contributed by atoms with van der Waals surface area (Å²) in [6.45, 7) is 6.19. The zero-order valence-electron chi connectivity index (χ0n) is 13.2. The summed E-state index contributed by atoms with van der Waals surface area (Å²) < 4.78 is 7.43. The Bertz CT molecular complexity index is 533. The van der Waals surface area contributed by atoms with Crippen molar-refractivity contribution in [2.75, 3.05) is 7.11 Å². The van der Waals surface area contributed by atoms with Crippen molar-refractivity contribution < 1.29 is 4.74 Å². The van der Waals surface area contributed by atoms with Crippen LogP contribution in [0.15, 0.2) is 36.7 Å². The zero-order chi connectivity index (χ0) is 15.1. The Labute approximate surface area is 127 Å². The van der Waals surface area contributed by atoms with Gasteiger partial charge < -0.3 is 14.6 Å². The largest absolute Gasteiger partial charge is 0.497 e. The lowest BCUT2D eigenvalue weighted by Gasteiger charge is -2.18. The van der Waals surface area contributed by atoms with Crippen LogP contribution in [0.1, 0.15) is 44.1 Å². The third kappa shape index (κ3) is 4.08. The summed E-state index contributed by atoms with van der Waals surface area (Å²) in [6, 6.07) is 8.61. The number of aryl methyl sites for hydroxylation is 1. The summed E-state index contributed by atoms with van der Waals surface area (Å²) in [5, 5.41) is 3.60. The van der Waals surface area contributed by atoms with Crippen molar-refractivity contribution in [3.05, 3.63) is 48.0 Å². The molecule has 0 saturated heterocycles. The molecule has 114 valence electrons. The number of hydrogen-bond donors (Lipinski definition) is 1. The fourth-order valence-corrected chi connectivity index (χ4v) is 2.50. The van der Waals surface area contributed by atoms with Gasteiger partial charge in [-0.15, -0.1) is 0 Å². The molecule has 0 aliphatic carbocycles. The van der Waals surface area contributed by atoms with Gasteiger partial charge in [0.2, 0.25) is 0 Å². The van der Waals surface area contributed by atoms with Crippen LogP contribution in [0.4, 0.5) is 0 Å². The van der Waals surface area contributed by atoms with Crippen molar-refractivity contribution in [2.24, 2.45) is 0 Å². The molecule has 1 aromatic heterocycles. The topological polar surface area (TPSA) is 39.1 Å². The van der Waals surface area contributed by atoms with E-state index < -0.39 is 0 Å². The molecule has 1 unspecified atom stereocenters. The lowest BCUT2D eigenvalue weighted by atomic mass is 10.0. The maximum absolute atomic E-state index is 5.21.